The van der Waals surface area contributed by atoms with Crippen molar-refractivity contribution in [3.05, 3.63) is 36.4 Å². The van der Waals surface area contributed by atoms with Crippen molar-refractivity contribution in [1.29, 1.82) is 0 Å². The van der Waals surface area contributed by atoms with Crippen LogP contribution in [0.15, 0.2) is 36.4 Å². The van der Waals surface area contributed by atoms with Gasteiger partial charge >= 0.3 is 6.36 Å². The van der Waals surface area contributed by atoms with Gasteiger partial charge in [-0.15, -0.1) is 13.2 Å². The van der Waals surface area contributed by atoms with E-state index in [9.17, 15) is 13.2 Å². The molecule has 0 aromatic heterocycles. The van der Waals surface area contributed by atoms with Crippen molar-refractivity contribution in [2.24, 2.45) is 0 Å². The second kappa shape index (κ2) is 5.61. The molecule has 0 heterocycles. The third-order valence-corrected chi connectivity index (χ3v) is 2.13. The predicted molar refractivity (Wildman–Crippen MR) is 61.0 cm³/mol. The van der Waals surface area contributed by atoms with Crippen LogP contribution in [0.2, 0.25) is 0 Å². The lowest BCUT2D eigenvalue weighted by Gasteiger charge is -2.10. The van der Waals surface area contributed by atoms with Crippen LogP contribution in [0, 0.1) is 0 Å². The fourth-order valence-corrected chi connectivity index (χ4v) is 1.13. The molecule has 0 saturated heterocycles. The first kappa shape index (κ1) is 13.4. The predicted octanol–water partition coefficient (Wildman–Crippen LogP) is 3.96. The number of hydrogen-bond donors (Lipinski definition) is 1. The largest absolute Gasteiger partial charge is 0.573 e. The minimum atomic E-state index is -4.65. The Bertz CT molecular complexity index is 370. The lowest BCUT2D eigenvalue weighted by atomic mass is 10.2. The fourth-order valence-electron chi connectivity index (χ4n) is 1.13. The third-order valence-electron chi connectivity index (χ3n) is 2.13. The summed E-state index contributed by atoms with van der Waals surface area (Å²) in [6.45, 7) is 6.42. The zero-order valence-corrected chi connectivity index (χ0v) is 9.47. The molecule has 0 unspecified atom stereocenters. The molecule has 1 N–H and O–H groups in total. The SMILES string of the molecule is C=C(CC)CNc1ccc(OC(F)(F)F)cc1. The van der Waals surface area contributed by atoms with Gasteiger partial charge < -0.3 is 10.1 Å². The summed E-state index contributed by atoms with van der Waals surface area (Å²) in [5.41, 5.74) is 1.76. The summed E-state index contributed by atoms with van der Waals surface area (Å²) in [6.07, 6.45) is -3.78. The van der Waals surface area contributed by atoms with E-state index in [1.165, 1.54) is 24.3 Å². The molecule has 1 aromatic carbocycles. The minimum Gasteiger partial charge on any atom is -0.406 e. The van der Waals surface area contributed by atoms with Gasteiger partial charge in [0.25, 0.3) is 0 Å². The highest BCUT2D eigenvalue weighted by atomic mass is 19.4. The molecular weight excluding hydrogens is 231 g/mol. The smallest absolute Gasteiger partial charge is 0.406 e. The van der Waals surface area contributed by atoms with Gasteiger partial charge in [-0.25, -0.2) is 0 Å². The highest BCUT2D eigenvalue weighted by molar-refractivity contribution is 5.47. The highest BCUT2D eigenvalue weighted by Crippen LogP contribution is 2.23. The number of alkyl halides is 3. The molecular formula is C12H14F3NO. The second-order valence-electron chi connectivity index (χ2n) is 3.53. The number of benzene rings is 1. The van der Waals surface area contributed by atoms with Crippen molar-refractivity contribution in [2.45, 2.75) is 19.7 Å². The lowest BCUT2D eigenvalue weighted by molar-refractivity contribution is -0.274. The molecule has 0 saturated carbocycles. The first-order chi connectivity index (χ1) is 7.90. The molecule has 5 heteroatoms. The van der Waals surface area contributed by atoms with Crippen LogP contribution >= 0.6 is 0 Å². The van der Waals surface area contributed by atoms with Crippen molar-refractivity contribution >= 4 is 5.69 Å². The van der Waals surface area contributed by atoms with Gasteiger partial charge in [0, 0.05) is 12.2 Å². The van der Waals surface area contributed by atoms with E-state index in [0.717, 1.165) is 17.7 Å². The van der Waals surface area contributed by atoms with Crippen LogP contribution in [0.5, 0.6) is 5.75 Å². The van der Waals surface area contributed by atoms with E-state index in [2.05, 4.69) is 16.6 Å². The van der Waals surface area contributed by atoms with Crippen LogP contribution in [0.25, 0.3) is 0 Å². The monoisotopic (exact) mass is 245 g/mol. The molecule has 0 spiro atoms. The van der Waals surface area contributed by atoms with E-state index in [-0.39, 0.29) is 5.75 Å². The zero-order valence-electron chi connectivity index (χ0n) is 9.47. The maximum Gasteiger partial charge on any atom is 0.573 e. The number of hydrogen-bond acceptors (Lipinski definition) is 2. The standard InChI is InChI=1S/C12H14F3NO/c1-3-9(2)8-16-10-4-6-11(7-5-10)17-12(13,14)15/h4-7,16H,2-3,8H2,1H3. The maximum absolute atomic E-state index is 11.9. The van der Waals surface area contributed by atoms with Gasteiger partial charge in [0.2, 0.25) is 0 Å². The zero-order chi connectivity index (χ0) is 12.9. The summed E-state index contributed by atoms with van der Waals surface area (Å²) in [5.74, 6) is -0.225. The summed E-state index contributed by atoms with van der Waals surface area (Å²) in [6, 6.07) is 5.60. The Kier molecular flexibility index (Phi) is 4.43. The number of ether oxygens (including phenoxy) is 1. The second-order valence-corrected chi connectivity index (χ2v) is 3.53. The van der Waals surface area contributed by atoms with Gasteiger partial charge in [-0.1, -0.05) is 19.1 Å². The molecule has 0 bridgehead atoms. The van der Waals surface area contributed by atoms with Gasteiger partial charge in [-0.3, -0.25) is 0 Å². The first-order valence-corrected chi connectivity index (χ1v) is 5.17. The van der Waals surface area contributed by atoms with Crippen LogP contribution in [-0.2, 0) is 0 Å². The molecule has 0 fully saturated rings. The molecule has 0 aliphatic carbocycles. The molecule has 0 amide bonds. The summed E-state index contributed by atoms with van der Waals surface area (Å²) in [4.78, 5) is 0. The number of nitrogens with one attached hydrogen (secondary N) is 1. The summed E-state index contributed by atoms with van der Waals surface area (Å²) in [5, 5.41) is 3.05. The first-order valence-electron chi connectivity index (χ1n) is 5.17. The molecule has 2 nitrogen and oxygen atoms in total. The summed E-state index contributed by atoms with van der Waals surface area (Å²) < 4.78 is 39.4. The van der Waals surface area contributed by atoms with Crippen molar-refractivity contribution in [3.8, 4) is 5.75 Å². The average Bonchev–Trinajstić information content (AvgIpc) is 2.25. The van der Waals surface area contributed by atoms with Crippen LogP contribution < -0.4 is 10.1 Å². The molecule has 0 aliphatic heterocycles. The molecule has 1 rings (SSSR count). The Labute approximate surface area is 98.1 Å². The van der Waals surface area contributed by atoms with Crippen LogP contribution in [0.3, 0.4) is 0 Å². The number of anilines is 1. The highest BCUT2D eigenvalue weighted by Gasteiger charge is 2.30. The minimum absolute atomic E-state index is 0.225. The molecule has 17 heavy (non-hydrogen) atoms. The van der Waals surface area contributed by atoms with Crippen LogP contribution in [0.1, 0.15) is 13.3 Å². The van der Waals surface area contributed by atoms with Gasteiger partial charge in [-0.2, -0.15) is 0 Å². The van der Waals surface area contributed by atoms with E-state index < -0.39 is 6.36 Å². The van der Waals surface area contributed by atoms with Crippen LogP contribution in [-0.4, -0.2) is 12.9 Å². The summed E-state index contributed by atoms with van der Waals surface area (Å²) in [7, 11) is 0. The van der Waals surface area contributed by atoms with Crippen molar-refractivity contribution in [3.63, 3.8) is 0 Å². The van der Waals surface area contributed by atoms with Crippen molar-refractivity contribution in [1.82, 2.24) is 0 Å². The molecule has 1 aromatic rings. The number of halogens is 3. The molecule has 0 radical (unpaired) electrons. The van der Waals surface area contributed by atoms with E-state index >= 15 is 0 Å². The van der Waals surface area contributed by atoms with E-state index in [0.29, 0.717) is 6.54 Å². The Morgan fingerprint density at radius 2 is 1.88 bits per heavy atom. The van der Waals surface area contributed by atoms with Crippen LogP contribution in [0.4, 0.5) is 18.9 Å². The van der Waals surface area contributed by atoms with Gasteiger partial charge in [0.1, 0.15) is 5.75 Å². The Morgan fingerprint density at radius 3 is 2.35 bits per heavy atom. The van der Waals surface area contributed by atoms with Gasteiger partial charge in [-0.05, 0) is 30.7 Å². The van der Waals surface area contributed by atoms with Crippen molar-refractivity contribution in [2.75, 3.05) is 11.9 Å². The normalized spacial score (nSPS) is 11.1. The van der Waals surface area contributed by atoms with E-state index in [1.807, 2.05) is 6.92 Å². The Morgan fingerprint density at radius 1 is 1.29 bits per heavy atom. The topological polar surface area (TPSA) is 21.3 Å². The van der Waals surface area contributed by atoms with Gasteiger partial charge in [0.05, 0.1) is 0 Å². The third kappa shape index (κ3) is 5.29. The quantitative estimate of drug-likeness (QED) is 0.793. The van der Waals surface area contributed by atoms with E-state index in [4.69, 9.17) is 0 Å². The molecule has 0 aliphatic rings. The molecule has 0 atom stereocenters. The Balaban J connectivity index is 2.53. The Hall–Kier alpha value is -1.65. The number of rotatable bonds is 5. The van der Waals surface area contributed by atoms with Gasteiger partial charge in [0.15, 0.2) is 0 Å². The fraction of sp³-hybridized carbons (Fsp3) is 0.333. The lowest BCUT2D eigenvalue weighted by Crippen LogP contribution is -2.17. The maximum atomic E-state index is 11.9. The summed E-state index contributed by atoms with van der Waals surface area (Å²) >= 11 is 0. The average molecular weight is 245 g/mol. The molecule has 94 valence electrons. The van der Waals surface area contributed by atoms with E-state index in [1.54, 1.807) is 0 Å². The van der Waals surface area contributed by atoms with Crippen molar-refractivity contribution < 1.29 is 17.9 Å².